The Kier molecular flexibility index (Phi) is 4.92. The molecule has 4 rings (SSSR count). The number of carbonyl (C=O) groups is 1. The summed E-state index contributed by atoms with van der Waals surface area (Å²) >= 11 is 7.79. The Labute approximate surface area is 172 Å². The van der Waals surface area contributed by atoms with Gasteiger partial charge in [-0.05, 0) is 37.3 Å². The lowest BCUT2D eigenvalue weighted by atomic mass is 10.2. The Bertz CT molecular complexity index is 1270. The molecule has 28 heavy (non-hydrogen) atoms. The fourth-order valence-electron chi connectivity index (χ4n) is 2.74. The van der Waals surface area contributed by atoms with Crippen LogP contribution in [0.4, 0.5) is 9.52 Å². The number of hydrogen-bond donors (Lipinski definition) is 2. The molecule has 4 aromatic rings. The molecule has 6 nitrogen and oxygen atoms in total. The number of H-pyrrole nitrogens is 1. The van der Waals surface area contributed by atoms with Gasteiger partial charge in [0.1, 0.15) is 5.82 Å². The van der Waals surface area contributed by atoms with E-state index in [1.165, 1.54) is 28.7 Å². The molecule has 142 valence electrons. The van der Waals surface area contributed by atoms with Gasteiger partial charge in [0, 0.05) is 16.6 Å². The zero-order valence-corrected chi connectivity index (χ0v) is 17.1. The number of thiophene rings is 1. The molecule has 10 heteroatoms. The average molecular weight is 432 g/mol. The van der Waals surface area contributed by atoms with Crippen LogP contribution in [0, 0.1) is 17.5 Å². The van der Waals surface area contributed by atoms with Crippen LogP contribution in [0.5, 0.6) is 0 Å². The number of thiazole rings is 1. The van der Waals surface area contributed by atoms with Gasteiger partial charge in [-0.1, -0.05) is 23.5 Å². The Hall–Kier alpha value is -2.69. The predicted molar refractivity (Wildman–Crippen MR) is 113 cm³/mol. The van der Waals surface area contributed by atoms with E-state index in [-0.39, 0.29) is 11.7 Å². The average Bonchev–Trinajstić information content (AvgIpc) is 3.34. The number of halogens is 1. The lowest BCUT2D eigenvalue weighted by Gasteiger charge is -2.01. The fraction of sp³-hybridized carbons (Fsp3) is 0.111. The van der Waals surface area contributed by atoms with Gasteiger partial charge >= 0.3 is 0 Å². The number of fused-ring (bicyclic) bond motifs is 1. The predicted octanol–water partition coefficient (Wildman–Crippen LogP) is 5.16. The number of rotatable bonds is 5. The van der Waals surface area contributed by atoms with Crippen LogP contribution in [0.25, 0.3) is 20.8 Å². The molecular weight excluding hydrogens is 417 g/mol. The van der Waals surface area contributed by atoms with Gasteiger partial charge in [-0.2, -0.15) is 5.10 Å². The summed E-state index contributed by atoms with van der Waals surface area (Å²) in [4.78, 5) is 18.3. The molecule has 0 saturated carbocycles. The number of benzene rings is 1. The van der Waals surface area contributed by atoms with E-state index in [1.54, 1.807) is 24.3 Å². The zero-order chi connectivity index (χ0) is 19.8. The van der Waals surface area contributed by atoms with Crippen molar-refractivity contribution in [3.63, 3.8) is 0 Å². The maximum atomic E-state index is 13.9. The number of anilines is 1. The first-order chi connectivity index (χ1) is 13.5. The van der Waals surface area contributed by atoms with Crippen LogP contribution in [-0.4, -0.2) is 25.7 Å². The topological polar surface area (TPSA) is 75.6 Å². The molecule has 0 aliphatic carbocycles. The van der Waals surface area contributed by atoms with Gasteiger partial charge in [0.05, 0.1) is 15.4 Å². The van der Waals surface area contributed by atoms with Crippen LogP contribution < -0.4 is 5.32 Å². The summed E-state index contributed by atoms with van der Waals surface area (Å²) in [7, 11) is 0. The molecule has 0 aliphatic rings. The summed E-state index contributed by atoms with van der Waals surface area (Å²) in [6.07, 6.45) is 1.73. The third-order valence-corrected chi connectivity index (χ3v) is 6.50. The smallest absolute Gasteiger partial charge is 0.267 e. The minimum Gasteiger partial charge on any atom is -0.297 e. The van der Waals surface area contributed by atoms with Crippen LogP contribution in [0.3, 0.4) is 0 Å². The van der Waals surface area contributed by atoms with Crippen molar-refractivity contribution in [1.82, 2.24) is 19.7 Å². The summed E-state index contributed by atoms with van der Waals surface area (Å²) in [6.45, 7) is 6.08. The van der Waals surface area contributed by atoms with Crippen LogP contribution >= 0.6 is 34.9 Å². The molecule has 0 bridgehead atoms. The number of amides is 1. The van der Waals surface area contributed by atoms with Crippen molar-refractivity contribution in [3.8, 4) is 10.7 Å². The third kappa shape index (κ3) is 3.30. The highest BCUT2D eigenvalue weighted by Gasteiger charge is 2.19. The van der Waals surface area contributed by atoms with Gasteiger partial charge in [-0.25, -0.2) is 9.37 Å². The van der Waals surface area contributed by atoms with Gasteiger partial charge in [0.2, 0.25) is 0 Å². The van der Waals surface area contributed by atoms with Crippen LogP contribution in [0.1, 0.15) is 15.4 Å². The van der Waals surface area contributed by atoms with Crippen molar-refractivity contribution in [3.05, 3.63) is 58.1 Å². The number of aromatic amines is 1. The molecule has 3 heterocycles. The lowest BCUT2D eigenvalue weighted by molar-refractivity contribution is 0.103. The zero-order valence-electron chi connectivity index (χ0n) is 14.7. The molecule has 1 aromatic carbocycles. The second-order valence-corrected chi connectivity index (χ2v) is 8.37. The molecule has 1 amide bonds. The summed E-state index contributed by atoms with van der Waals surface area (Å²) in [5.41, 5.74) is 0.724. The Morgan fingerprint density at radius 3 is 3.04 bits per heavy atom. The molecule has 3 aromatic heterocycles. The number of hydrogen-bond acceptors (Lipinski definition) is 6. The van der Waals surface area contributed by atoms with Gasteiger partial charge in [0.15, 0.2) is 15.7 Å². The van der Waals surface area contributed by atoms with E-state index in [2.05, 4.69) is 27.1 Å². The molecule has 0 atom stereocenters. The molecular formula is C18H14FN5OS3. The minimum absolute atomic E-state index is 0.328. The van der Waals surface area contributed by atoms with E-state index in [9.17, 15) is 9.18 Å². The molecule has 0 saturated heterocycles. The fourth-order valence-corrected chi connectivity index (χ4v) is 4.88. The normalized spacial score (nSPS) is 11.1. The third-order valence-electron chi connectivity index (χ3n) is 4.02. The summed E-state index contributed by atoms with van der Waals surface area (Å²) < 4.78 is 16.9. The van der Waals surface area contributed by atoms with E-state index in [1.807, 2.05) is 11.5 Å². The first kappa shape index (κ1) is 18.7. The van der Waals surface area contributed by atoms with Crippen molar-refractivity contribution in [2.75, 3.05) is 5.32 Å². The maximum absolute atomic E-state index is 13.9. The minimum atomic E-state index is -0.342. The second-order valence-electron chi connectivity index (χ2n) is 5.90. The van der Waals surface area contributed by atoms with Crippen LogP contribution in [0.2, 0.25) is 0 Å². The Balaban J connectivity index is 1.63. The summed E-state index contributed by atoms with van der Waals surface area (Å²) in [5.74, 6) is -0.0274. The van der Waals surface area contributed by atoms with Crippen molar-refractivity contribution < 1.29 is 9.18 Å². The monoisotopic (exact) mass is 431 g/mol. The number of aryl methyl sites for hydroxylation is 1. The second kappa shape index (κ2) is 7.38. The molecule has 2 N–H and O–H groups in total. The number of nitrogens with one attached hydrogen (secondary N) is 2. The molecule has 0 unspecified atom stereocenters. The van der Waals surface area contributed by atoms with Gasteiger partial charge in [-0.15, -0.1) is 17.9 Å². The number of allylic oxidation sites excluding steroid dienone is 1. The maximum Gasteiger partial charge on any atom is 0.267 e. The van der Waals surface area contributed by atoms with E-state index < -0.39 is 0 Å². The molecule has 0 spiro atoms. The highest BCUT2D eigenvalue weighted by atomic mass is 32.1. The molecule has 0 radical (unpaired) electrons. The standard InChI is InChI=1S/C18H14FN5OS3/c1-3-7-24-15(22-23-18(24)26)14-9(2)20-17(28-14)21-16(25)13-8-10-11(19)5-4-6-12(10)27-13/h3-6,8H,1,7H2,2H3,(H,23,26)(H,20,21,25). The Morgan fingerprint density at radius 2 is 2.29 bits per heavy atom. The summed E-state index contributed by atoms with van der Waals surface area (Å²) in [6, 6.07) is 6.35. The van der Waals surface area contributed by atoms with E-state index in [0.29, 0.717) is 32.5 Å². The van der Waals surface area contributed by atoms with E-state index in [4.69, 9.17) is 12.2 Å². The van der Waals surface area contributed by atoms with Crippen molar-refractivity contribution in [2.24, 2.45) is 0 Å². The first-order valence-electron chi connectivity index (χ1n) is 8.21. The van der Waals surface area contributed by atoms with Gasteiger partial charge in [-0.3, -0.25) is 19.8 Å². The van der Waals surface area contributed by atoms with Gasteiger partial charge in [0.25, 0.3) is 5.91 Å². The van der Waals surface area contributed by atoms with E-state index in [0.717, 1.165) is 15.3 Å². The lowest BCUT2D eigenvalue weighted by Crippen LogP contribution is -2.09. The van der Waals surface area contributed by atoms with Crippen molar-refractivity contribution in [1.29, 1.82) is 0 Å². The highest BCUT2D eigenvalue weighted by molar-refractivity contribution is 7.71. The van der Waals surface area contributed by atoms with E-state index >= 15 is 0 Å². The van der Waals surface area contributed by atoms with Crippen LogP contribution in [-0.2, 0) is 6.54 Å². The number of nitrogens with zero attached hydrogens (tertiary/aromatic N) is 3. The SMILES string of the molecule is C=CCn1c(-c2sc(NC(=O)c3cc4c(F)cccc4s3)nc2C)n[nH]c1=S. The molecule has 0 aliphatic heterocycles. The number of aromatic nitrogens is 4. The summed E-state index contributed by atoms with van der Waals surface area (Å²) in [5, 5.41) is 10.7. The highest BCUT2D eigenvalue weighted by Crippen LogP contribution is 2.33. The Morgan fingerprint density at radius 1 is 1.46 bits per heavy atom. The molecule has 0 fully saturated rings. The van der Waals surface area contributed by atoms with Gasteiger partial charge < -0.3 is 0 Å². The first-order valence-corrected chi connectivity index (χ1v) is 10.3. The quantitative estimate of drug-likeness (QED) is 0.338. The largest absolute Gasteiger partial charge is 0.297 e. The van der Waals surface area contributed by atoms with Crippen LogP contribution in [0.15, 0.2) is 36.9 Å². The number of carbonyl (C=O) groups excluding carboxylic acids is 1. The van der Waals surface area contributed by atoms with Crippen molar-refractivity contribution in [2.45, 2.75) is 13.5 Å². The van der Waals surface area contributed by atoms with Crippen molar-refractivity contribution >= 4 is 56.0 Å².